The normalized spacial score (nSPS) is 13.2. The largest absolute Gasteiger partial charge is 0.367 e. The highest BCUT2D eigenvalue weighted by Gasteiger charge is 2.18. The Kier molecular flexibility index (Phi) is 3.54. The van der Waals surface area contributed by atoms with Crippen molar-refractivity contribution in [2.45, 2.75) is 13.0 Å². The van der Waals surface area contributed by atoms with E-state index in [2.05, 4.69) is 40.2 Å². The van der Waals surface area contributed by atoms with Crippen molar-refractivity contribution in [3.05, 3.63) is 83.9 Å². The third-order valence-corrected chi connectivity index (χ3v) is 4.33. The molecule has 2 nitrogen and oxygen atoms in total. The first kappa shape index (κ1) is 13.9. The predicted molar refractivity (Wildman–Crippen MR) is 90.8 cm³/mol. The Morgan fingerprint density at radius 3 is 2.65 bits per heavy atom. The fourth-order valence-corrected chi connectivity index (χ4v) is 3.17. The maximum absolute atomic E-state index is 13.1. The summed E-state index contributed by atoms with van der Waals surface area (Å²) in [6.45, 7) is 1.89. The van der Waals surface area contributed by atoms with E-state index in [0.29, 0.717) is 0 Å². The number of rotatable bonds is 3. The average molecular weight is 304 g/mol. The van der Waals surface area contributed by atoms with Gasteiger partial charge >= 0.3 is 0 Å². The lowest BCUT2D eigenvalue weighted by atomic mass is 10.1. The van der Waals surface area contributed by atoms with Gasteiger partial charge in [0.15, 0.2) is 0 Å². The van der Waals surface area contributed by atoms with Crippen molar-refractivity contribution in [1.29, 1.82) is 0 Å². The van der Waals surface area contributed by atoms with Crippen LogP contribution < -0.4 is 4.90 Å². The summed E-state index contributed by atoms with van der Waals surface area (Å²) in [5.41, 5.74) is 5.91. The lowest BCUT2D eigenvalue weighted by Gasteiger charge is -2.19. The van der Waals surface area contributed by atoms with Crippen molar-refractivity contribution in [3.8, 4) is 11.1 Å². The summed E-state index contributed by atoms with van der Waals surface area (Å²) in [6, 6.07) is 17.3. The summed E-state index contributed by atoms with van der Waals surface area (Å²) in [7, 11) is 0. The molecule has 2 heterocycles. The lowest BCUT2D eigenvalue weighted by Crippen LogP contribution is -2.19. The number of pyridine rings is 1. The van der Waals surface area contributed by atoms with Gasteiger partial charge in [-0.1, -0.05) is 30.3 Å². The maximum atomic E-state index is 13.1. The third kappa shape index (κ3) is 2.82. The molecule has 0 radical (unpaired) electrons. The van der Waals surface area contributed by atoms with Crippen LogP contribution in [0.2, 0.25) is 0 Å². The molecule has 0 saturated carbocycles. The van der Waals surface area contributed by atoms with Crippen LogP contribution in [-0.4, -0.2) is 11.5 Å². The first-order valence-corrected chi connectivity index (χ1v) is 7.82. The Balaban J connectivity index is 1.59. The number of benzene rings is 2. The van der Waals surface area contributed by atoms with Crippen molar-refractivity contribution < 1.29 is 4.39 Å². The van der Waals surface area contributed by atoms with Gasteiger partial charge < -0.3 is 4.90 Å². The fraction of sp³-hybridized carbons (Fsp3) is 0.150. The molecule has 0 N–H and O–H groups in total. The second-order valence-corrected chi connectivity index (χ2v) is 5.89. The van der Waals surface area contributed by atoms with E-state index in [1.165, 1.54) is 28.9 Å². The molecule has 23 heavy (non-hydrogen) atoms. The summed E-state index contributed by atoms with van der Waals surface area (Å²) in [4.78, 5) is 6.75. The Morgan fingerprint density at radius 2 is 1.78 bits per heavy atom. The second-order valence-electron chi connectivity index (χ2n) is 5.89. The summed E-state index contributed by atoms with van der Waals surface area (Å²) in [6.07, 6.45) is 4.84. The Bertz CT molecular complexity index is 827. The lowest BCUT2D eigenvalue weighted by molar-refractivity contribution is 0.628. The Labute approximate surface area is 135 Å². The van der Waals surface area contributed by atoms with E-state index in [9.17, 15) is 4.39 Å². The van der Waals surface area contributed by atoms with Crippen molar-refractivity contribution in [3.63, 3.8) is 0 Å². The van der Waals surface area contributed by atoms with Crippen LogP contribution in [0.4, 0.5) is 10.1 Å². The molecule has 0 spiro atoms. The van der Waals surface area contributed by atoms with Crippen LogP contribution >= 0.6 is 0 Å². The van der Waals surface area contributed by atoms with Gasteiger partial charge in [0.1, 0.15) is 5.82 Å². The topological polar surface area (TPSA) is 16.1 Å². The number of aromatic nitrogens is 1. The quantitative estimate of drug-likeness (QED) is 0.710. The van der Waals surface area contributed by atoms with Crippen LogP contribution in [-0.2, 0) is 13.0 Å². The number of fused-ring (bicyclic) bond motifs is 1. The van der Waals surface area contributed by atoms with Crippen LogP contribution in [0.25, 0.3) is 11.1 Å². The van der Waals surface area contributed by atoms with Crippen molar-refractivity contribution in [1.82, 2.24) is 4.98 Å². The summed E-state index contributed by atoms with van der Waals surface area (Å²) in [5, 5.41) is 0. The molecule has 1 aliphatic heterocycles. The number of para-hydroxylation sites is 1. The molecule has 1 aliphatic rings. The van der Waals surface area contributed by atoms with Gasteiger partial charge in [-0.15, -0.1) is 0 Å². The van der Waals surface area contributed by atoms with Gasteiger partial charge in [-0.25, -0.2) is 4.39 Å². The van der Waals surface area contributed by atoms with Crippen LogP contribution in [0.15, 0.2) is 67.0 Å². The summed E-state index contributed by atoms with van der Waals surface area (Å²) >= 11 is 0. The van der Waals surface area contributed by atoms with Gasteiger partial charge in [0.25, 0.3) is 0 Å². The number of halogens is 1. The van der Waals surface area contributed by atoms with Gasteiger partial charge in [0.2, 0.25) is 0 Å². The zero-order chi connectivity index (χ0) is 15.6. The molecular formula is C20H17FN2. The summed E-state index contributed by atoms with van der Waals surface area (Å²) in [5.74, 6) is -0.216. The molecule has 0 bridgehead atoms. The third-order valence-electron chi connectivity index (χ3n) is 4.33. The van der Waals surface area contributed by atoms with Crippen LogP contribution in [0.3, 0.4) is 0 Å². The number of nitrogens with zero attached hydrogens (tertiary/aromatic N) is 2. The van der Waals surface area contributed by atoms with E-state index in [-0.39, 0.29) is 5.82 Å². The SMILES string of the molecule is Fc1ccc(-c2cncc(CN3CCc4ccccc43)c2)cc1. The Hall–Kier alpha value is -2.68. The summed E-state index contributed by atoms with van der Waals surface area (Å²) < 4.78 is 13.1. The van der Waals surface area contributed by atoms with E-state index in [1.807, 2.05) is 12.4 Å². The van der Waals surface area contributed by atoms with Crippen LogP contribution in [0.5, 0.6) is 0 Å². The minimum absolute atomic E-state index is 0.216. The van der Waals surface area contributed by atoms with Crippen molar-refractivity contribution in [2.75, 3.05) is 11.4 Å². The van der Waals surface area contributed by atoms with Gasteiger partial charge in [-0.05, 0) is 47.4 Å². The van der Waals surface area contributed by atoms with Gasteiger partial charge in [0.05, 0.1) is 0 Å². The fourth-order valence-electron chi connectivity index (χ4n) is 3.17. The van der Waals surface area contributed by atoms with Crippen molar-refractivity contribution in [2.24, 2.45) is 0 Å². The molecule has 0 aliphatic carbocycles. The molecule has 2 aromatic carbocycles. The molecule has 1 aromatic heterocycles. The molecule has 0 saturated heterocycles. The second kappa shape index (κ2) is 5.84. The van der Waals surface area contributed by atoms with E-state index >= 15 is 0 Å². The zero-order valence-electron chi connectivity index (χ0n) is 12.7. The highest BCUT2D eigenvalue weighted by molar-refractivity contribution is 5.63. The first-order valence-electron chi connectivity index (χ1n) is 7.82. The van der Waals surface area contributed by atoms with Crippen LogP contribution in [0.1, 0.15) is 11.1 Å². The molecule has 3 aromatic rings. The minimum Gasteiger partial charge on any atom is -0.367 e. The monoisotopic (exact) mass is 304 g/mol. The molecule has 0 unspecified atom stereocenters. The predicted octanol–water partition coefficient (Wildman–Crippen LogP) is 4.45. The zero-order valence-corrected chi connectivity index (χ0v) is 12.7. The average Bonchev–Trinajstić information content (AvgIpc) is 2.99. The minimum atomic E-state index is -0.216. The number of hydrogen-bond donors (Lipinski definition) is 0. The van der Waals surface area contributed by atoms with Gasteiger partial charge in [-0.3, -0.25) is 4.98 Å². The van der Waals surface area contributed by atoms with Gasteiger partial charge in [0, 0.05) is 36.7 Å². The van der Waals surface area contributed by atoms with E-state index in [1.54, 1.807) is 12.1 Å². The van der Waals surface area contributed by atoms with E-state index in [4.69, 9.17) is 0 Å². The highest BCUT2D eigenvalue weighted by Crippen LogP contribution is 2.29. The molecular weight excluding hydrogens is 287 g/mol. The molecule has 0 atom stereocenters. The van der Waals surface area contributed by atoms with Crippen LogP contribution in [0, 0.1) is 5.82 Å². The maximum Gasteiger partial charge on any atom is 0.123 e. The number of anilines is 1. The first-order chi connectivity index (χ1) is 11.3. The molecule has 114 valence electrons. The standard InChI is InChI=1S/C20H17FN2/c21-19-7-5-16(6-8-19)18-11-15(12-22-13-18)14-23-10-9-17-3-1-2-4-20(17)23/h1-8,11-13H,9-10,14H2. The molecule has 4 rings (SSSR count). The smallest absolute Gasteiger partial charge is 0.123 e. The van der Waals surface area contributed by atoms with E-state index < -0.39 is 0 Å². The molecule has 0 fully saturated rings. The number of hydrogen-bond acceptors (Lipinski definition) is 2. The van der Waals surface area contributed by atoms with E-state index in [0.717, 1.165) is 30.6 Å². The Morgan fingerprint density at radius 1 is 0.957 bits per heavy atom. The molecule has 0 amide bonds. The van der Waals surface area contributed by atoms with Crippen molar-refractivity contribution >= 4 is 5.69 Å². The molecule has 3 heteroatoms. The van der Waals surface area contributed by atoms with Gasteiger partial charge in [-0.2, -0.15) is 0 Å². The highest BCUT2D eigenvalue weighted by atomic mass is 19.1.